The van der Waals surface area contributed by atoms with Crippen LogP contribution in [0.1, 0.15) is 80.3 Å². The van der Waals surface area contributed by atoms with Crippen molar-refractivity contribution >= 4 is 62.9 Å². The molecular formula is C45H50Cl2N6O3. The summed E-state index contributed by atoms with van der Waals surface area (Å²) in [6, 6.07) is 14.2. The van der Waals surface area contributed by atoms with Crippen molar-refractivity contribution in [1.82, 2.24) is 23.8 Å². The van der Waals surface area contributed by atoms with Crippen LogP contribution in [0.4, 0.5) is 5.69 Å². The maximum atomic E-state index is 15.3. The number of carbonyl (C=O) groups excluding carboxylic acids is 2. The largest absolute Gasteiger partial charge is 0.379 e. The minimum atomic E-state index is -0.0607. The number of aldehydes is 1. The Hall–Kier alpha value is -4.41. The van der Waals surface area contributed by atoms with E-state index in [4.69, 9.17) is 33.0 Å². The summed E-state index contributed by atoms with van der Waals surface area (Å²) in [7, 11) is 1.96. The van der Waals surface area contributed by atoms with Crippen molar-refractivity contribution in [1.29, 1.82) is 0 Å². The summed E-state index contributed by atoms with van der Waals surface area (Å²) < 4.78 is 12.0. The van der Waals surface area contributed by atoms with Crippen LogP contribution in [0.2, 0.25) is 10.0 Å². The van der Waals surface area contributed by atoms with E-state index in [1.54, 1.807) is 0 Å². The number of amides is 1. The Labute approximate surface area is 338 Å². The molecule has 0 N–H and O–H groups in total. The maximum absolute atomic E-state index is 15.3. The Morgan fingerprint density at radius 1 is 0.911 bits per heavy atom. The lowest BCUT2D eigenvalue weighted by molar-refractivity contribution is 0.0365. The molecule has 0 unspecified atom stereocenters. The van der Waals surface area contributed by atoms with Gasteiger partial charge in [0.2, 0.25) is 0 Å². The SMILES string of the molecule is Cc1cc(CCCCc2c3n(c4c(-c5c(C)nn(C)c5C)c(Cl)ccc24)[C@H](C)CN(c2cn(CCN4CCOCC4)c4cc(C=O)ccc24)C3=O)cc(C)c1Cl. The fraction of sp³-hybridized carbons (Fsp3) is 0.400. The number of rotatable bonds is 11. The second-order valence-corrected chi connectivity index (χ2v) is 16.5. The lowest BCUT2D eigenvalue weighted by Gasteiger charge is -2.34. The molecule has 1 saturated heterocycles. The number of halogens is 2. The molecule has 292 valence electrons. The first-order valence-electron chi connectivity index (χ1n) is 19.8. The first-order chi connectivity index (χ1) is 27.0. The van der Waals surface area contributed by atoms with Crippen molar-refractivity contribution in [3.63, 3.8) is 0 Å². The molecule has 6 aromatic rings. The van der Waals surface area contributed by atoms with E-state index in [9.17, 15) is 4.79 Å². The fourth-order valence-corrected chi connectivity index (χ4v) is 9.51. The summed E-state index contributed by atoms with van der Waals surface area (Å²) in [6.45, 7) is 15.8. The second-order valence-electron chi connectivity index (χ2n) is 15.8. The van der Waals surface area contributed by atoms with Crippen LogP contribution in [0.15, 0.2) is 48.7 Å². The Balaban J connectivity index is 1.23. The Kier molecular flexibility index (Phi) is 10.6. The van der Waals surface area contributed by atoms with E-state index in [1.807, 2.05) is 47.8 Å². The van der Waals surface area contributed by atoms with Crippen LogP contribution in [-0.4, -0.2) is 75.4 Å². The van der Waals surface area contributed by atoms with Crippen LogP contribution in [0, 0.1) is 27.7 Å². The molecule has 0 bridgehead atoms. The monoisotopic (exact) mass is 792 g/mol. The molecule has 2 aliphatic rings. The van der Waals surface area contributed by atoms with Gasteiger partial charge in [0.05, 0.1) is 40.7 Å². The summed E-state index contributed by atoms with van der Waals surface area (Å²) in [5, 5.41) is 8.27. The van der Waals surface area contributed by atoms with Gasteiger partial charge in [-0.1, -0.05) is 53.5 Å². The molecule has 1 amide bonds. The van der Waals surface area contributed by atoms with Gasteiger partial charge in [-0.25, -0.2) is 0 Å². The number of fused-ring (bicyclic) bond motifs is 4. The number of anilines is 1. The van der Waals surface area contributed by atoms with Crippen molar-refractivity contribution in [3.8, 4) is 11.1 Å². The summed E-state index contributed by atoms with van der Waals surface area (Å²) >= 11 is 13.7. The van der Waals surface area contributed by atoms with Crippen molar-refractivity contribution < 1.29 is 14.3 Å². The minimum Gasteiger partial charge on any atom is -0.379 e. The van der Waals surface area contributed by atoms with Gasteiger partial charge in [-0.15, -0.1) is 0 Å². The average Bonchev–Trinajstić information content (AvgIpc) is 3.81. The van der Waals surface area contributed by atoms with Gasteiger partial charge in [0.1, 0.15) is 12.0 Å². The first kappa shape index (κ1) is 38.5. The number of hydrogen-bond donors (Lipinski definition) is 0. The zero-order valence-electron chi connectivity index (χ0n) is 33.2. The molecule has 0 radical (unpaired) electrons. The number of hydrogen-bond acceptors (Lipinski definition) is 5. The number of morpholine rings is 1. The molecule has 2 aliphatic heterocycles. The van der Waals surface area contributed by atoms with Crippen LogP contribution in [-0.2, 0) is 31.2 Å². The molecule has 9 nitrogen and oxygen atoms in total. The highest BCUT2D eigenvalue weighted by Crippen LogP contribution is 2.46. The molecule has 8 rings (SSSR count). The van der Waals surface area contributed by atoms with Gasteiger partial charge >= 0.3 is 0 Å². The van der Waals surface area contributed by atoms with Gasteiger partial charge in [0, 0.05) is 90.2 Å². The van der Waals surface area contributed by atoms with Gasteiger partial charge in [-0.3, -0.25) is 19.2 Å². The van der Waals surface area contributed by atoms with Crippen LogP contribution in [0.3, 0.4) is 0 Å². The predicted octanol–water partition coefficient (Wildman–Crippen LogP) is 9.47. The minimum absolute atomic E-state index is 0.0216. The van der Waals surface area contributed by atoms with Crippen molar-refractivity contribution in [2.45, 2.75) is 72.9 Å². The molecule has 56 heavy (non-hydrogen) atoms. The average molecular weight is 794 g/mol. The molecule has 1 fully saturated rings. The zero-order valence-corrected chi connectivity index (χ0v) is 34.7. The van der Waals surface area contributed by atoms with Gasteiger partial charge in [0.15, 0.2) is 0 Å². The molecule has 0 aliphatic carbocycles. The number of unbranched alkanes of at least 4 members (excludes halogenated alkanes) is 1. The lowest BCUT2D eigenvalue weighted by Crippen LogP contribution is -2.42. The van der Waals surface area contributed by atoms with E-state index in [2.05, 4.69) is 66.1 Å². The highest BCUT2D eigenvalue weighted by atomic mass is 35.5. The quantitative estimate of drug-likeness (QED) is 0.0966. The summed E-state index contributed by atoms with van der Waals surface area (Å²) in [5.41, 5.74) is 12.6. The van der Waals surface area contributed by atoms with Crippen LogP contribution >= 0.6 is 23.2 Å². The summed E-state index contributed by atoms with van der Waals surface area (Å²) in [4.78, 5) is 31.6. The standard InChI is InChI=1S/C45H50Cl2N6O3/c1-27-21-32(22-28(2)42(27)47)9-7-8-10-34-35-13-14-37(46)41(40-30(4)48-49(6)31(40)5)43(35)53-29(3)24-52(45(55)44(34)53)39-25-51(16-15-50-17-19-56-20-18-50)38-23-33(26-54)11-12-36(38)39/h11-14,21-23,25-26,29H,7-10,15-20,24H2,1-6H3/t29-/m1/s1. The van der Waals surface area contributed by atoms with E-state index >= 15 is 4.79 Å². The highest BCUT2D eigenvalue weighted by Gasteiger charge is 2.37. The second kappa shape index (κ2) is 15.5. The molecule has 0 saturated carbocycles. The zero-order chi connectivity index (χ0) is 39.4. The highest BCUT2D eigenvalue weighted by molar-refractivity contribution is 6.35. The van der Waals surface area contributed by atoms with Crippen molar-refractivity contribution in [2.24, 2.45) is 7.05 Å². The molecule has 3 aromatic heterocycles. The van der Waals surface area contributed by atoms with E-state index in [0.717, 1.165) is 149 Å². The predicted molar refractivity (Wildman–Crippen MR) is 227 cm³/mol. The Morgan fingerprint density at radius 2 is 1.62 bits per heavy atom. The topological polar surface area (TPSA) is 77.5 Å². The number of aromatic nitrogens is 4. The third-order valence-corrected chi connectivity index (χ3v) is 12.9. The van der Waals surface area contributed by atoms with Gasteiger partial charge in [-0.05, 0) is 94.7 Å². The normalized spacial score (nSPS) is 16.4. The van der Waals surface area contributed by atoms with Gasteiger partial charge in [-0.2, -0.15) is 5.10 Å². The van der Waals surface area contributed by atoms with Crippen molar-refractivity contribution in [2.75, 3.05) is 44.3 Å². The van der Waals surface area contributed by atoms with Crippen molar-refractivity contribution in [3.05, 3.63) is 104 Å². The van der Waals surface area contributed by atoms with Gasteiger partial charge < -0.3 is 18.8 Å². The third kappa shape index (κ3) is 6.76. The molecule has 3 aromatic carbocycles. The lowest BCUT2D eigenvalue weighted by atomic mass is 9.96. The van der Waals surface area contributed by atoms with E-state index in [1.165, 1.54) is 5.56 Å². The van der Waals surface area contributed by atoms with Crippen LogP contribution in [0.25, 0.3) is 32.9 Å². The molecule has 5 heterocycles. The Morgan fingerprint density at radius 3 is 2.32 bits per heavy atom. The maximum Gasteiger partial charge on any atom is 0.275 e. The Bertz CT molecular complexity index is 2480. The number of aryl methyl sites for hydroxylation is 6. The molecule has 0 spiro atoms. The summed E-state index contributed by atoms with van der Waals surface area (Å²) in [5.74, 6) is -0.0216. The summed E-state index contributed by atoms with van der Waals surface area (Å²) in [6.07, 6.45) is 6.56. The number of carbonyl (C=O) groups is 2. The van der Waals surface area contributed by atoms with E-state index < -0.39 is 0 Å². The number of benzene rings is 3. The molecular weight excluding hydrogens is 743 g/mol. The number of ether oxygens (including phenoxy) is 1. The third-order valence-electron chi connectivity index (χ3n) is 12.0. The van der Waals surface area contributed by atoms with E-state index in [0.29, 0.717) is 17.1 Å². The fourth-order valence-electron chi connectivity index (χ4n) is 9.16. The van der Waals surface area contributed by atoms with E-state index in [-0.39, 0.29) is 11.9 Å². The first-order valence-corrected chi connectivity index (χ1v) is 20.5. The van der Waals surface area contributed by atoms with Crippen LogP contribution in [0.5, 0.6) is 0 Å². The smallest absolute Gasteiger partial charge is 0.275 e. The van der Waals surface area contributed by atoms with Gasteiger partial charge in [0.25, 0.3) is 5.91 Å². The number of nitrogens with zero attached hydrogens (tertiary/aromatic N) is 6. The molecule has 1 atom stereocenters. The van der Waals surface area contributed by atoms with Crippen LogP contribution < -0.4 is 4.90 Å². The molecule has 11 heteroatoms.